The molecule has 1 aromatic heterocycles. The van der Waals surface area contributed by atoms with Gasteiger partial charge >= 0.3 is 0 Å². The highest BCUT2D eigenvalue weighted by Crippen LogP contribution is 2.31. The Hall–Kier alpha value is -2.49. The molecule has 0 bridgehead atoms. The van der Waals surface area contributed by atoms with E-state index in [0.29, 0.717) is 5.56 Å². The number of nitrogens with two attached hydrogens (primary N) is 1. The molecule has 0 unspecified atom stereocenters. The van der Waals surface area contributed by atoms with Crippen molar-refractivity contribution in [1.29, 1.82) is 0 Å². The summed E-state index contributed by atoms with van der Waals surface area (Å²) in [5, 5.41) is 0.771. The van der Waals surface area contributed by atoms with E-state index in [1.165, 1.54) is 0 Å². The summed E-state index contributed by atoms with van der Waals surface area (Å²) in [6.07, 6.45) is 1.66. The number of nitrogen functional groups attached to an aromatic ring is 1. The molecule has 2 N–H and O–H groups in total. The lowest BCUT2D eigenvalue weighted by molar-refractivity contribution is 0.607. The lowest BCUT2D eigenvalue weighted by Crippen LogP contribution is -1.95. The Balaban J connectivity index is 2.33. The van der Waals surface area contributed by atoms with Crippen LogP contribution in [0.5, 0.6) is 0 Å². The second-order valence-corrected chi connectivity index (χ2v) is 4.23. The number of pyridine rings is 1. The Labute approximate surface area is 108 Å². The number of nitrogens with zero attached hydrogens (tertiary/aromatic N) is 1. The predicted molar refractivity (Wildman–Crippen MR) is 71.5 cm³/mol. The van der Waals surface area contributed by atoms with Gasteiger partial charge in [-0.15, -0.1) is 0 Å². The lowest BCUT2D eigenvalue weighted by atomic mass is 9.99. The summed E-state index contributed by atoms with van der Waals surface area (Å²) in [5.74, 6) is -1.17. The summed E-state index contributed by atoms with van der Waals surface area (Å²) in [6, 6.07) is 11.0. The normalized spacial score (nSPS) is 10.8. The van der Waals surface area contributed by atoms with Crippen LogP contribution in [0.3, 0.4) is 0 Å². The molecule has 0 atom stereocenters. The summed E-state index contributed by atoms with van der Waals surface area (Å²) >= 11 is 0. The largest absolute Gasteiger partial charge is 0.396 e. The molecule has 0 aliphatic carbocycles. The van der Waals surface area contributed by atoms with Gasteiger partial charge in [-0.05, 0) is 23.8 Å². The van der Waals surface area contributed by atoms with Gasteiger partial charge in [0.15, 0.2) is 0 Å². The number of benzene rings is 2. The first kappa shape index (κ1) is 11.6. The van der Waals surface area contributed by atoms with Gasteiger partial charge in [-0.25, -0.2) is 8.78 Å². The van der Waals surface area contributed by atoms with Gasteiger partial charge in [0.25, 0.3) is 0 Å². The number of aromatic nitrogens is 1. The highest BCUT2D eigenvalue weighted by Gasteiger charge is 2.12. The quantitative estimate of drug-likeness (QED) is 0.673. The van der Waals surface area contributed by atoms with Crippen molar-refractivity contribution >= 4 is 16.6 Å². The van der Waals surface area contributed by atoms with Crippen LogP contribution in [0, 0.1) is 11.6 Å². The van der Waals surface area contributed by atoms with Crippen LogP contribution in [-0.4, -0.2) is 4.98 Å². The Morgan fingerprint density at radius 2 is 1.74 bits per heavy atom. The minimum Gasteiger partial charge on any atom is -0.396 e. The zero-order valence-corrected chi connectivity index (χ0v) is 9.90. The monoisotopic (exact) mass is 256 g/mol. The van der Waals surface area contributed by atoms with Crippen molar-refractivity contribution in [2.75, 3.05) is 5.73 Å². The van der Waals surface area contributed by atoms with E-state index in [1.807, 2.05) is 12.1 Å². The van der Waals surface area contributed by atoms with Gasteiger partial charge in [0.2, 0.25) is 0 Å². The van der Waals surface area contributed by atoms with Gasteiger partial charge in [0.1, 0.15) is 11.6 Å². The van der Waals surface area contributed by atoms with E-state index in [1.54, 1.807) is 24.4 Å². The molecule has 0 aliphatic rings. The van der Waals surface area contributed by atoms with Crippen molar-refractivity contribution in [3.63, 3.8) is 0 Å². The highest BCUT2D eigenvalue weighted by atomic mass is 19.1. The standard InChI is InChI=1S/C15H10F2N2/c16-12-8-14(18)13(17)7-11(12)9-3-1-5-15-10(9)4-2-6-19-15/h1-8H,18H2. The molecular formula is C15H10F2N2. The topological polar surface area (TPSA) is 38.9 Å². The Morgan fingerprint density at radius 3 is 2.58 bits per heavy atom. The molecule has 94 valence electrons. The summed E-state index contributed by atoms with van der Waals surface area (Å²) in [4.78, 5) is 4.20. The van der Waals surface area contributed by atoms with Crippen molar-refractivity contribution in [3.8, 4) is 11.1 Å². The van der Waals surface area contributed by atoms with Crippen LogP contribution in [0.15, 0.2) is 48.7 Å². The second-order valence-electron chi connectivity index (χ2n) is 4.23. The fourth-order valence-electron chi connectivity index (χ4n) is 2.11. The Bertz CT molecular complexity index is 764. The molecule has 3 rings (SSSR count). The number of rotatable bonds is 1. The summed E-state index contributed by atoms with van der Waals surface area (Å²) in [5.41, 5.74) is 6.68. The second kappa shape index (κ2) is 4.31. The zero-order valence-electron chi connectivity index (χ0n) is 9.90. The Kier molecular flexibility index (Phi) is 2.63. The lowest BCUT2D eigenvalue weighted by Gasteiger charge is -2.08. The molecule has 4 heteroatoms. The summed E-state index contributed by atoms with van der Waals surface area (Å²) in [7, 11) is 0. The van der Waals surface area contributed by atoms with Crippen molar-refractivity contribution < 1.29 is 8.78 Å². The first-order valence-electron chi connectivity index (χ1n) is 5.75. The third-order valence-corrected chi connectivity index (χ3v) is 3.02. The maximum absolute atomic E-state index is 14.0. The van der Waals surface area contributed by atoms with Gasteiger partial charge < -0.3 is 5.73 Å². The van der Waals surface area contributed by atoms with Crippen LogP contribution < -0.4 is 5.73 Å². The van der Waals surface area contributed by atoms with Crippen LogP contribution >= 0.6 is 0 Å². The SMILES string of the molecule is Nc1cc(F)c(-c2cccc3ncccc23)cc1F. The van der Waals surface area contributed by atoms with E-state index in [-0.39, 0.29) is 11.3 Å². The molecular weight excluding hydrogens is 246 g/mol. The van der Waals surface area contributed by atoms with Gasteiger partial charge in [0, 0.05) is 23.2 Å². The number of anilines is 1. The molecule has 0 saturated carbocycles. The van der Waals surface area contributed by atoms with Crippen molar-refractivity contribution in [1.82, 2.24) is 4.98 Å². The van der Waals surface area contributed by atoms with Gasteiger partial charge in [-0.2, -0.15) is 0 Å². The average Bonchev–Trinajstić information content (AvgIpc) is 2.42. The molecule has 0 aliphatic heterocycles. The van der Waals surface area contributed by atoms with E-state index in [0.717, 1.165) is 23.0 Å². The Morgan fingerprint density at radius 1 is 0.895 bits per heavy atom. The van der Waals surface area contributed by atoms with E-state index in [4.69, 9.17) is 5.73 Å². The number of halogens is 2. The van der Waals surface area contributed by atoms with Crippen molar-refractivity contribution in [2.24, 2.45) is 0 Å². The highest BCUT2D eigenvalue weighted by molar-refractivity contribution is 5.94. The zero-order chi connectivity index (χ0) is 13.4. The van der Waals surface area contributed by atoms with E-state index >= 15 is 0 Å². The van der Waals surface area contributed by atoms with Gasteiger partial charge in [0.05, 0.1) is 11.2 Å². The molecule has 0 spiro atoms. The van der Waals surface area contributed by atoms with Crippen LogP contribution in [-0.2, 0) is 0 Å². The molecule has 1 heterocycles. The molecule has 0 amide bonds. The van der Waals surface area contributed by atoms with E-state index < -0.39 is 11.6 Å². The molecule has 0 radical (unpaired) electrons. The summed E-state index contributed by atoms with van der Waals surface area (Å²) < 4.78 is 27.5. The van der Waals surface area contributed by atoms with Gasteiger partial charge in [-0.1, -0.05) is 18.2 Å². The van der Waals surface area contributed by atoms with Crippen LogP contribution in [0.1, 0.15) is 0 Å². The molecule has 3 aromatic rings. The number of fused-ring (bicyclic) bond motifs is 1. The fraction of sp³-hybridized carbons (Fsp3) is 0. The third kappa shape index (κ3) is 1.91. The van der Waals surface area contributed by atoms with Crippen LogP contribution in [0.25, 0.3) is 22.0 Å². The van der Waals surface area contributed by atoms with Gasteiger partial charge in [-0.3, -0.25) is 4.98 Å². The maximum Gasteiger partial charge on any atom is 0.146 e. The molecule has 19 heavy (non-hydrogen) atoms. The van der Waals surface area contributed by atoms with Crippen LogP contribution in [0.4, 0.5) is 14.5 Å². The summed E-state index contributed by atoms with van der Waals surface area (Å²) in [6.45, 7) is 0. The van der Waals surface area contributed by atoms with Crippen LogP contribution in [0.2, 0.25) is 0 Å². The minimum absolute atomic E-state index is 0.185. The van der Waals surface area contributed by atoms with Crippen molar-refractivity contribution in [2.45, 2.75) is 0 Å². The predicted octanol–water partition coefficient (Wildman–Crippen LogP) is 3.76. The van der Waals surface area contributed by atoms with Crippen molar-refractivity contribution in [3.05, 3.63) is 60.3 Å². The van der Waals surface area contributed by atoms with E-state index in [9.17, 15) is 8.78 Å². The molecule has 2 aromatic carbocycles. The molecule has 2 nitrogen and oxygen atoms in total. The smallest absolute Gasteiger partial charge is 0.146 e. The molecule has 0 saturated heterocycles. The fourth-order valence-corrected chi connectivity index (χ4v) is 2.11. The number of hydrogen-bond donors (Lipinski definition) is 1. The number of hydrogen-bond acceptors (Lipinski definition) is 2. The average molecular weight is 256 g/mol. The molecule has 0 fully saturated rings. The third-order valence-electron chi connectivity index (χ3n) is 3.02. The minimum atomic E-state index is -0.628. The maximum atomic E-state index is 14.0. The first-order valence-corrected chi connectivity index (χ1v) is 5.75. The first-order chi connectivity index (χ1) is 9.16. The van der Waals surface area contributed by atoms with E-state index in [2.05, 4.69) is 4.98 Å².